The molecule has 30 heavy (non-hydrogen) atoms. The SMILES string of the molecule is O=C(CCNc1ccccc1[N+](=O)[O-])N1CCC2(CC1)C[C@@H]2C(=O)N1CCCCC1. The molecule has 1 spiro atoms. The summed E-state index contributed by atoms with van der Waals surface area (Å²) in [6.45, 7) is 3.58. The number of nitrogens with one attached hydrogen (secondary N) is 1. The van der Waals surface area contributed by atoms with Crippen molar-refractivity contribution in [2.24, 2.45) is 11.3 Å². The first-order valence-corrected chi connectivity index (χ1v) is 11.0. The molecule has 2 saturated heterocycles. The number of hydrogen-bond donors (Lipinski definition) is 1. The first-order valence-electron chi connectivity index (χ1n) is 11.0. The van der Waals surface area contributed by atoms with E-state index in [4.69, 9.17) is 0 Å². The maximum Gasteiger partial charge on any atom is 0.292 e. The largest absolute Gasteiger partial charge is 0.379 e. The molecule has 8 nitrogen and oxygen atoms in total. The summed E-state index contributed by atoms with van der Waals surface area (Å²) in [5.41, 5.74) is 0.571. The number of likely N-dealkylation sites (tertiary alicyclic amines) is 2. The summed E-state index contributed by atoms with van der Waals surface area (Å²) in [6.07, 6.45) is 6.55. The Morgan fingerprint density at radius 1 is 1.07 bits per heavy atom. The summed E-state index contributed by atoms with van der Waals surface area (Å²) in [6, 6.07) is 6.46. The van der Waals surface area contributed by atoms with Crippen molar-refractivity contribution < 1.29 is 14.5 Å². The van der Waals surface area contributed by atoms with Crippen molar-refractivity contribution in [3.8, 4) is 0 Å². The van der Waals surface area contributed by atoms with Crippen molar-refractivity contribution in [1.29, 1.82) is 0 Å². The summed E-state index contributed by atoms with van der Waals surface area (Å²) in [5, 5.41) is 14.1. The number of para-hydroxylation sites is 2. The Bertz CT molecular complexity index is 813. The number of nitro groups is 1. The summed E-state index contributed by atoms with van der Waals surface area (Å²) in [7, 11) is 0. The second-order valence-corrected chi connectivity index (χ2v) is 8.84. The molecule has 3 aliphatic rings. The van der Waals surface area contributed by atoms with E-state index in [9.17, 15) is 19.7 Å². The number of benzene rings is 1. The number of rotatable bonds is 6. The highest BCUT2D eigenvalue weighted by Crippen LogP contribution is 2.60. The average molecular weight is 415 g/mol. The molecule has 1 atom stereocenters. The lowest BCUT2D eigenvalue weighted by molar-refractivity contribution is -0.384. The molecule has 1 aromatic rings. The number of piperidine rings is 2. The zero-order valence-corrected chi connectivity index (χ0v) is 17.3. The van der Waals surface area contributed by atoms with Gasteiger partial charge in [-0.3, -0.25) is 19.7 Å². The summed E-state index contributed by atoms with van der Waals surface area (Å²) in [5.74, 6) is 0.562. The van der Waals surface area contributed by atoms with E-state index in [1.54, 1.807) is 18.2 Å². The van der Waals surface area contributed by atoms with Crippen LogP contribution >= 0.6 is 0 Å². The van der Waals surface area contributed by atoms with Gasteiger partial charge in [0.15, 0.2) is 0 Å². The molecular formula is C22H30N4O4. The number of carbonyl (C=O) groups is 2. The zero-order chi connectivity index (χ0) is 21.1. The van der Waals surface area contributed by atoms with Crippen LogP contribution in [0.1, 0.15) is 44.9 Å². The zero-order valence-electron chi connectivity index (χ0n) is 17.3. The van der Waals surface area contributed by atoms with Crippen LogP contribution in [0, 0.1) is 21.4 Å². The molecular weight excluding hydrogens is 384 g/mol. The van der Waals surface area contributed by atoms with Gasteiger partial charge >= 0.3 is 0 Å². The van der Waals surface area contributed by atoms with E-state index < -0.39 is 4.92 Å². The molecule has 0 aromatic heterocycles. The summed E-state index contributed by atoms with van der Waals surface area (Å²) >= 11 is 0. The number of carbonyl (C=O) groups excluding carboxylic acids is 2. The fourth-order valence-electron chi connectivity index (χ4n) is 5.03. The Morgan fingerprint density at radius 2 is 1.77 bits per heavy atom. The standard InChI is InChI=1S/C22H30N4O4/c27-20(8-11-23-18-6-2-3-7-19(18)26(29)30)24-14-9-22(10-15-24)16-17(22)21(28)25-12-4-1-5-13-25/h2-3,6-7,17,23H,1,4-5,8-16H2/t17-/m1/s1. The minimum Gasteiger partial charge on any atom is -0.379 e. The molecule has 162 valence electrons. The van der Waals surface area contributed by atoms with E-state index in [0.717, 1.165) is 45.2 Å². The van der Waals surface area contributed by atoms with E-state index in [1.165, 1.54) is 12.5 Å². The van der Waals surface area contributed by atoms with Gasteiger partial charge in [-0.2, -0.15) is 0 Å². The third-order valence-electron chi connectivity index (χ3n) is 7.02. The molecule has 0 radical (unpaired) electrons. The number of amides is 2. The predicted octanol–water partition coefficient (Wildman–Crippen LogP) is 3.04. The first kappa shape index (κ1) is 20.6. The van der Waals surface area contributed by atoms with Gasteiger partial charge in [-0.05, 0) is 50.0 Å². The Kier molecular flexibility index (Phi) is 5.92. The topological polar surface area (TPSA) is 95.8 Å². The normalized spacial score (nSPS) is 22.6. The van der Waals surface area contributed by atoms with E-state index in [0.29, 0.717) is 37.6 Å². The van der Waals surface area contributed by atoms with E-state index >= 15 is 0 Å². The molecule has 8 heteroatoms. The number of hydrogen-bond acceptors (Lipinski definition) is 5. The average Bonchev–Trinajstić information content (AvgIpc) is 3.47. The van der Waals surface area contributed by atoms with Gasteiger partial charge in [0, 0.05) is 51.1 Å². The quantitative estimate of drug-likeness (QED) is 0.570. The Morgan fingerprint density at radius 3 is 2.47 bits per heavy atom. The van der Waals surface area contributed by atoms with Crippen LogP contribution in [0.4, 0.5) is 11.4 Å². The third kappa shape index (κ3) is 4.27. The number of nitro benzene ring substituents is 1. The molecule has 1 N–H and O–H groups in total. The van der Waals surface area contributed by atoms with E-state index in [-0.39, 0.29) is 22.9 Å². The van der Waals surface area contributed by atoms with Crippen LogP contribution < -0.4 is 5.32 Å². The van der Waals surface area contributed by atoms with Crippen molar-refractivity contribution in [2.45, 2.75) is 44.9 Å². The lowest BCUT2D eigenvalue weighted by Crippen LogP contribution is -2.42. The van der Waals surface area contributed by atoms with Crippen LogP contribution in [0.3, 0.4) is 0 Å². The fraction of sp³-hybridized carbons (Fsp3) is 0.636. The highest BCUT2D eigenvalue weighted by atomic mass is 16.6. The van der Waals surface area contributed by atoms with Crippen LogP contribution in [0.5, 0.6) is 0 Å². The van der Waals surface area contributed by atoms with Gasteiger partial charge in [0.05, 0.1) is 4.92 Å². The molecule has 0 bridgehead atoms. The molecule has 2 amide bonds. The van der Waals surface area contributed by atoms with Crippen molar-refractivity contribution in [1.82, 2.24) is 9.80 Å². The second-order valence-electron chi connectivity index (χ2n) is 8.84. The molecule has 1 saturated carbocycles. The van der Waals surface area contributed by atoms with Crippen molar-refractivity contribution in [3.05, 3.63) is 34.4 Å². The molecule has 4 rings (SSSR count). The molecule has 3 fully saturated rings. The summed E-state index contributed by atoms with van der Waals surface area (Å²) in [4.78, 5) is 39.9. The van der Waals surface area contributed by atoms with Gasteiger partial charge in [0.1, 0.15) is 5.69 Å². The summed E-state index contributed by atoms with van der Waals surface area (Å²) < 4.78 is 0. The van der Waals surface area contributed by atoms with Crippen molar-refractivity contribution in [2.75, 3.05) is 38.0 Å². The Labute approximate surface area is 176 Å². The van der Waals surface area contributed by atoms with Gasteiger partial charge in [-0.1, -0.05) is 12.1 Å². The molecule has 0 unspecified atom stereocenters. The molecule has 2 heterocycles. The maximum absolute atomic E-state index is 12.8. The molecule has 2 aliphatic heterocycles. The monoisotopic (exact) mass is 414 g/mol. The van der Waals surface area contributed by atoms with Gasteiger partial charge in [0.2, 0.25) is 11.8 Å². The van der Waals surface area contributed by atoms with E-state index in [2.05, 4.69) is 10.2 Å². The minimum atomic E-state index is -0.425. The van der Waals surface area contributed by atoms with Crippen LogP contribution in [0.25, 0.3) is 0 Å². The Balaban J connectivity index is 1.22. The molecule has 1 aromatic carbocycles. The first-order chi connectivity index (χ1) is 14.5. The van der Waals surface area contributed by atoms with Crippen LogP contribution in [-0.4, -0.2) is 59.3 Å². The maximum atomic E-state index is 12.8. The van der Waals surface area contributed by atoms with Crippen LogP contribution in [0.2, 0.25) is 0 Å². The number of nitrogens with zero attached hydrogens (tertiary/aromatic N) is 3. The van der Waals surface area contributed by atoms with Crippen molar-refractivity contribution in [3.63, 3.8) is 0 Å². The lowest BCUT2D eigenvalue weighted by atomic mass is 9.90. The fourth-order valence-corrected chi connectivity index (χ4v) is 5.03. The van der Waals surface area contributed by atoms with Gasteiger partial charge < -0.3 is 15.1 Å². The second kappa shape index (κ2) is 8.62. The van der Waals surface area contributed by atoms with Crippen LogP contribution in [-0.2, 0) is 9.59 Å². The Hall–Kier alpha value is -2.64. The van der Waals surface area contributed by atoms with Crippen molar-refractivity contribution >= 4 is 23.2 Å². The van der Waals surface area contributed by atoms with E-state index in [1.807, 2.05) is 4.90 Å². The smallest absolute Gasteiger partial charge is 0.292 e. The van der Waals surface area contributed by atoms with Crippen LogP contribution in [0.15, 0.2) is 24.3 Å². The lowest BCUT2D eigenvalue weighted by Gasteiger charge is -2.34. The predicted molar refractivity (Wildman–Crippen MR) is 113 cm³/mol. The van der Waals surface area contributed by atoms with Gasteiger partial charge in [0.25, 0.3) is 5.69 Å². The van der Waals surface area contributed by atoms with Gasteiger partial charge in [-0.15, -0.1) is 0 Å². The highest BCUT2D eigenvalue weighted by molar-refractivity contribution is 5.83. The molecule has 1 aliphatic carbocycles. The number of anilines is 1. The third-order valence-corrected chi connectivity index (χ3v) is 7.02. The highest BCUT2D eigenvalue weighted by Gasteiger charge is 2.59. The van der Waals surface area contributed by atoms with Gasteiger partial charge in [-0.25, -0.2) is 0 Å². The minimum absolute atomic E-state index is 0.0167.